The van der Waals surface area contributed by atoms with Crippen molar-refractivity contribution >= 4 is 34.9 Å². The van der Waals surface area contributed by atoms with Gasteiger partial charge in [0.25, 0.3) is 5.91 Å². The van der Waals surface area contributed by atoms with Gasteiger partial charge in [-0.15, -0.1) is 0 Å². The van der Waals surface area contributed by atoms with Crippen molar-refractivity contribution in [3.05, 3.63) is 93.8 Å². The molecule has 3 amide bonds. The van der Waals surface area contributed by atoms with Crippen LogP contribution in [0.25, 0.3) is 0 Å². The molecule has 8 heteroatoms. The summed E-state index contributed by atoms with van der Waals surface area (Å²) >= 11 is 6.30. The lowest BCUT2D eigenvalue weighted by Gasteiger charge is -2.22. The highest BCUT2D eigenvalue weighted by Crippen LogP contribution is 2.41. The zero-order valence-corrected chi connectivity index (χ0v) is 17.8. The number of rotatable bonds is 2. The number of anilines is 2. The van der Waals surface area contributed by atoms with Gasteiger partial charge < -0.3 is 15.7 Å². The van der Waals surface area contributed by atoms with E-state index in [-0.39, 0.29) is 12.5 Å². The van der Waals surface area contributed by atoms with E-state index in [1.54, 1.807) is 43.3 Å². The van der Waals surface area contributed by atoms with Gasteiger partial charge in [-0.05, 0) is 43.3 Å². The third kappa shape index (κ3) is 3.21. The minimum absolute atomic E-state index is 0.0868. The summed E-state index contributed by atoms with van der Waals surface area (Å²) in [5.41, 5.74) is 1.78. The quantitative estimate of drug-likeness (QED) is 0.533. The monoisotopic (exact) mass is 451 g/mol. The number of hydrogen-bond acceptors (Lipinski definition) is 3. The molecule has 3 aromatic rings. The summed E-state index contributed by atoms with van der Waals surface area (Å²) in [6.45, 7) is 1.74. The van der Waals surface area contributed by atoms with Crippen LogP contribution in [0.15, 0.2) is 60.7 Å². The van der Waals surface area contributed by atoms with Gasteiger partial charge in [-0.2, -0.15) is 0 Å². The Morgan fingerprint density at radius 2 is 2.00 bits per heavy atom. The molecule has 2 aliphatic rings. The van der Waals surface area contributed by atoms with Crippen molar-refractivity contribution in [1.82, 2.24) is 5.32 Å². The molecule has 2 aliphatic heterocycles. The van der Waals surface area contributed by atoms with E-state index in [0.717, 1.165) is 0 Å². The summed E-state index contributed by atoms with van der Waals surface area (Å²) < 4.78 is 13.9. The SMILES string of the molecule is C[C@]1(O)CN(C(=O)Nc2cccc3c2[C@H](c2cc(F)ccc2Cl)NC3=O)c2ccccc21. The van der Waals surface area contributed by atoms with E-state index < -0.39 is 23.5 Å². The molecule has 3 N–H and O–H groups in total. The fraction of sp³-hybridized carbons (Fsp3) is 0.167. The Morgan fingerprint density at radius 1 is 1.22 bits per heavy atom. The van der Waals surface area contributed by atoms with E-state index in [1.807, 2.05) is 6.07 Å². The van der Waals surface area contributed by atoms with Crippen LogP contribution in [0.5, 0.6) is 0 Å². The molecule has 2 atom stereocenters. The number of nitrogens with zero attached hydrogens (tertiary/aromatic N) is 1. The van der Waals surface area contributed by atoms with Crippen molar-refractivity contribution < 1.29 is 19.1 Å². The van der Waals surface area contributed by atoms with E-state index in [4.69, 9.17) is 11.6 Å². The van der Waals surface area contributed by atoms with E-state index in [1.165, 1.54) is 23.1 Å². The molecule has 0 aliphatic carbocycles. The normalized spacial score (nSPS) is 21.2. The van der Waals surface area contributed by atoms with Gasteiger partial charge in [-0.25, -0.2) is 9.18 Å². The van der Waals surface area contributed by atoms with Crippen LogP contribution in [0.4, 0.5) is 20.6 Å². The highest BCUT2D eigenvalue weighted by Gasteiger charge is 2.40. The van der Waals surface area contributed by atoms with Gasteiger partial charge >= 0.3 is 6.03 Å². The summed E-state index contributed by atoms with van der Waals surface area (Å²) in [5.74, 6) is -0.819. The molecule has 0 saturated heterocycles. The second-order valence-electron chi connectivity index (χ2n) is 8.15. The maximum Gasteiger partial charge on any atom is 0.326 e. The van der Waals surface area contributed by atoms with Crippen molar-refractivity contribution in [2.24, 2.45) is 0 Å². The Labute approximate surface area is 188 Å². The molecule has 0 bridgehead atoms. The topological polar surface area (TPSA) is 81.7 Å². The molecule has 2 heterocycles. The Hall–Kier alpha value is -3.42. The molecule has 0 spiro atoms. The third-order valence-electron chi connectivity index (χ3n) is 5.91. The van der Waals surface area contributed by atoms with Gasteiger partial charge in [0.1, 0.15) is 11.4 Å². The first-order valence-corrected chi connectivity index (χ1v) is 10.4. The number of urea groups is 1. The van der Waals surface area contributed by atoms with Crippen LogP contribution in [0.2, 0.25) is 5.02 Å². The van der Waals surface area contributed by atoms with Gasteiger partial charge in [0.2, 0.25) is 0 Å². The van der Waals surface area contributed by atoms with Crippen LogP contribution in [0, 0.1) is 5.82 Å². The standard InChI is InChI=1S/C24H19ClFN3O3/c1-24(32)12-29(19-8-3-2-6-16(19)24)23(31)27-18-7-4-5-14-20(18)21(28-22(14)30)15-11-13(26)9-10-17(15)25/h2-11,21,32H,12H2,1H3,(H,27,31)(H,28,30)/t21-,24-/m0/s1. The van der Waals surface area contributed by atoms with Crippen molar-refractivity contribution in [3.63, 3.8) is 0 Å². The predicted molar refractivity (Wildman–Crippen MR) is 120 cm³/mol. The Morgan fingerprint density at radius 3 is 2.81 bits per heavy atom. The molecule has 0 radical (unpaired) electrons. The number of benzene rings is 3. The van der Waals surface area contributed by atoms with E-state index in [9.17, 15) is 19.1 Å². The number of aliphatic hydroxyl groups is 1. The number of carbonyl (C=O) groups is 2. The molecule has 0 fully saturated rings. The van der Waals surface area contributed by atoms with Gasteiger partial charge in [0, 0.05) is 33.0 Å². The van der Waals surface area contributed by atoms with Crippen molar-refractivity contribution in [3.8, 4) is 0 Å². The van der Waals surface area contributed by atoms with Gasteiger partial charge in [0.05, 0.1) is 18.3 Å². The van der Waals surface area contributed by atoms with E-state index in [0.29, 0.717) is 38.7 Å². The van der Waals surface area contributed by atoms with Crippen molar-refractivity contribution in [2.45, 2.75) is 18.6 Å². The number of halogens is 2. The number of nitrogens with one attached hydrogen (secondary N) is 2. The summed E-state index contributed by atoms with van der Waals surface area (Å²) in [5, 5.41) is 16.7. The highest BCUT2D eigenvalue weighted by molar-refractivity contribution is 6.31. The fourth-order valence-electron chi connectivity index (χ4n) is 4.44. The molecule has 162 valence electrons. The maximum atomic E-state index is 13.9. The number of carbonyl (C=O) groups excluding carboxylic acids is 2. The molecular weight excluding hydrogens is 433 g/mol. The summed E-state index contributed by atoms with van der Waals surface area (Å²) in [4.78, 5) is 27.3. The van der Waals surface area contributed by atoms with Crippen LogP contribution in [-0.4, -0.2) is 23.6 Å². The predicted octanol–water partition coefficient (Wildman–Crippen LogP) is 4.57. The minimum Gasteiger partial charge on any atom is -0.383 e. The first-order valence-electron chi connectivity index (χ1n) is 10.1. The average molecular weight is 452 g/mol. The number of hydrogen-bond donors (Lipinski definition) is 3. The van der Waals surface area contributed by atoms with Gasteiger partial charge in [0.15, 0.2) is 0 Å². The molecule has 0 unspecified atom stereocenters. The first-order chi connectivity index (χ1) is 15.3. The lowest BCUT2D eigenvalue weighted by atomic mass is 9.96. The summed E-state index contributed by atoms with van der Waals surface area (Å²) in [6.07, 6.45) is 0. The molecule has 32 heavy (non-hydrogen) atoms. The smallest absolute Gasteiger partial charge is 0.326 e. The van der Waals surface area contributed by atoms with E-state index in [2.05, 4.69) is 10.6 Å². The number of amides is 3. The Balaban J connectivity index is 1.53. The van der Waals surface area contributed by atoms with E-state index >= 15 is 0 Å². The molecule has 3 aromatic carbocycles. The Kier molecular flexibility index (Phi) is 4.69. The van der Waals surface area contributed by atoms with Crippen LogP contribution in [-0.2, 0) is 5.60 Å². The Bertz CT molecular complexity index is 1280. The number of para-hydroxylation sites is 1. The van der Waals surface area contributed by atoms with Crippen LogP contribution >= 0.6 is 11.6 Å². The highest BCUT2D eigenvalue weighted by atomic mass is 35.5. The lowest BCUT2D eigenvalue weighted by molar-refractivity contribution is 0.0757. The van der Waals surface area contributed by atoms with Crippen LogP contribution < -0.4 is 15.5 Å². The molecule has 5 rings (SSSR count). The average Bonchev–Trinajstić information content (AvgIpc) is 3.25. The van der Waals surface area contributed by atoms with Crippen molar-refractivity contribution in [2.75, 3.05) is 16.8 Å². The van der Waals surface area contributed by atoms with Gasteiger partial charge in [-0.1, -0.05) is 35.9 Å². The van der Waals surface area contributed by atoms with Gasteiger partial charge in [-0.3, -0.25) is 9.69 Å². The summed E-state index contributed by atoms with van der Waals surface area (Å²) in [7, 11) is 0. The fourth-order valence-corrected chi connectivity index (χ4v) is 4.67. The third-order valence-corrected chi connectivity index (χ3v) is 6.26. The zero-order chi connectivity index (χ0) is 22.6. The molecule has 0 saturated carbocycles. The lowest BCUT2D eigenvalue weighted by Crippen LogP contribution is -2.38. The maximum absolute atomic E-state index is 13.9. The molecule has 6 nitrogen and oxygen atoms in total. The van der Waals surface area contributed by atoms with Crippen LogP contribution in [0.1, 0.15) is 40.0 Å². The number of fused-ring (bicyclic) bond motifs is 2. The molecular formula is C24H19ClFN3O3. The first kappa shape index (κ1) is 20.5. The largest absolute Gasteiger partial charge is 0.383 e. The second-order valence-corrected chi connectivity index (χ2v) is 8.55. The van der Waals surface area contributed by atoms with Crippen molar-refractivity contribution in [1.29, 1.82) is 0 Å². The number of β-amino-alcohol motifs (C(OH)–C–C–N with tert-alkyl or cyclic N) is 1. The van der Waals surface area contributed by atoms with Crippen LogP contribution in [0.3, 0.4) is 0 Å². The summed E-state index contributed by atoms with van der Waals surface area (Å²) in [6, 6.07) is 14.9. The molecule has 0 aromatic heterocycles. The second kappa shape index (κ2) is 7.32. The zero-order valence-electron chi connectivity index (χ0n) is 17.0. The minimum atomic E-state index is -1.18.